The van der Waals surface area contributed by atoms with E-state index in [0.29, 0.717) is 0 Å². The molecule has 3 aromatic rings. The highest BCUT2D eigenvalue weighted by Gasteiger charge is 2.11. The molecule has 19 heavy (non-hydrogen) atoms. The van der Waals surface area contributed by atoms with Crippen molar-refractivity contribution in [1.29, 1.82) is 0 Å². The zero-order valence-electron chi connectivity index (χ0n) is 10.2. The van der Waals surface area contributed by atoms with Crippen LogP contribution in [-0.4, -0.2) is 5.78 Å². The van der Waals surface area contributed by atoms with E-state index in [-0.39, 0.29) is 5.78 Å². The number of benzene rings is 1. The van der Waals surface area contributed by atoms with E-state index in [1.54, 1.807) is 11.3 Å². The molecule has 2 heterocycles. The minimum Gasteiger partial charge on any atom is -0.288 e. The molecule has 3 rings (SSSR count). The first-order valence-electron chi connectivity index (χ1n) is 6.01. The molecule has 0 atom stereocenters. The van der Waals surface area contributed by atoms with Gasteiger partial charge in [-0.3, -0.25) is 4.79 Å². The third-order valence-electron chi connectivity index (χ3n) is 2.90. The fourth-order valence-corrected chi connectivity index (χ4v) is 3.49. The maximum Gasteiger partial charge on any atom is 0.202 e. The maximum absolute atomic E-state index is 12.3. The first-order valence-corrected chi connectivity index (χ1v) is 7.83. The van der Waals surface area contributed by atoms with Gasteiger partial charge in [0.1, 0.15) is 0 Å². The highest BCUT2D eigenvalue weighted by atomic mass is 32.1. The van der Waals surface area contributed by atoms with Crippen molar-refractivity contribution in [1.82, 2.24) is 0 Å². The molecule has 0 saturated carbocycles. The molecule has 1 aromatic carbocycles. The first kappa shape index (κ1) is 12.3. The van der Waals surface area contributed by atoms with Gasteiger partial charge in [-0.25, -0.2) is 0 Å². The van der Waals surface area contributed by atoms with Crippen molar-refractivity contribution in [2.24, 2.45) is 0 Å². The minimum absolute atomic E-state index is 0.113. The Kier molecular flexibility index (Phi) is 3.58. The standard InChI is InChI=1S/C16H12OS2/c17-16(14-4-2-1-3-5-14)15-9-13(11-19-15)8-12-6-7-18-10-12/h1-7,9-11H,8H2. The monoisotopic (exact) mass is 284 g/mol. The molecule has 0 amide bonds. The molecule has 0 aliphatic rings. The summed E-state index contributed by atoms with van der Waals surface area (Å²) >= 11 is 3.23. The first-order chi connectivity index (χ1) is 9.33. The molecule has 0 N–H and O–H groups in total. The maximum atomic E-state index is 12.3. The van der Waals surface area contributed by atoms with E-state index in [1.165, 1.54) is 22.5 Å². The number of ketones is 1. The smallest absolute Gasteiger partial charge is 0.202 e. The Bertz CT molecular complexity index is 666. The molecule has 1 nitrogen and oxygen atoms in total. The molecule has 94 valence electrons. The van der Waals surface area contributed by atoms with E-state index in [4.69, 9.17) is 0 Å². The molecule has 0 aliphatic carbocycles. The van der Waals surface area contributed by atoms with Crippen molar-refractivity contribution in [3.05, 3.63) is 80.2 Å². The quantitative estimate of drug-likeness (QED) is 0.638. The predicted molar refractivity (Wildman–Crippen MR) is 81.3 cm³/mol. The number of carbonyl (C=O) groups excluding carboxylic acids is 1. The molecule has 0 spiro atoms. The van der Waals surface area contributed by atoms with Gasteiger partial charge < -0.3 is 0 Å². The zero-order valence-corrected chi connectivity index (χ0v) is 11.8. The zero-order chi connectivity index (χ0) is 13.1. The number of thiophene rings is 2. The van der Waals surface area contributed by atoms with Crippen LogP contribution in [0.15, 0.2) is 58.6 Å². The summed E-state index contributed by atoms with van der Waals surface area (Å²) in [5, 5.41) is 6.31. The van der Waals surface area contributed by atoms with Crippen molar-refractivity contribution in [2.45, 2.75) is 6.42 Å². The lowest BCUT2D eigenvalue weighted by Crippen LogP contribution is -1.97. The van der Waals surface area contributed by atoms with Crippen LogP contribution in [0.1, 0.15) is 26.4 Å². The van der Waals surface area contributed by atoms with Gasteiger partial charge in [-0.05, 0) is 45.8 Å². The van der Waals surface area contributed by atoms with Crippen LogP contribution < -0.4 is 0 Å². The summed E-state index contributed by atoms with van der Waals surface area (Å²) in [4.78, 5) is 13.1. The molecule has 0 aliphatic heterocycles. The van der Waals surface area contributed by atoms with Crippen LogP contribution in [-0.2, 0) is 6.42 Å². The highest BCUT2D eigenvalue weighted by molar-refractivity contribution is 7.12. The van der Waals surface area contributed by atoms with E-state index in [0.717, 1.165) is 16.9 Å². The van der Waals surface area contributed by atoms with E-state index in [1.807, 2.05) is 36.4 Å². The van der Waals surface area contributed by atoms with Crippen LogP contribution in [0.5, 0.6) is 0 Å². The average molecular weight is 284 g/mol. The van der Waals surface area contributed by atoms with Crippen LogP contribution in [0.25, 0.3) is 0 Å². The fourth-order valence-electron chi connectivity index (χ4n) is 1.95. The van der Waals surface area contributed by atoms with Gasteiger partial charge in [0.2, 0.25) is 5.78 Å². The van der Waals surface area contributed by atoms with Gasteiger partial charge in [-0.1, -0.05) is 30.3 Å². The Morgan fingerprint density at radius 2 is 1.84 bits per heavy atom. The summed E-state index contributed by atoms with van der Waals surface area (Å²) in [5.41, 5.74) is 3.27. The normalized spacial score (nSPS) is 10.5. The highest BCUT2D eigenvalue weighted by Crippen LogP contribution is 2.21. The van der Waals surface area contributed by atoms with E-state index < -0.39 is 0 Å². The van der Waals surface area contributed by atoms with Gasteiger partial charge >= 0.3 is 0 Å². The molecule has 0 unspecified atom stereocenters. The number of carbonyl (C=O) groups is 1. The largest absolute Gasteiger partial charge is 0.288 e. The van der Waals surface area contributed by atoms with Crippen LogP contribution >= 0.6 is 22.7 Å². The second kappa shape index (κ2) is 5.51. The van der Waals surface area contributed by atoms with Crippen LogP contribution in [0.4, 0.5) is 0 Å². The fraction of sp³-hybridized carbons (Fsp3) is 0.0625. The van der Waals surface area contributed by atoms with Crippen LogP contribution in [0.3, 0.4) is 0 Å². The lowest BCUT2D eigenvalue weighted by molar-refractivity contribution is 0.104. The molecule has 0 saturated heterocycles. The van der Waals surface area contributed by atoms with Crippen LogP contribution in [0, 0.1) is 0 Å². The van der Waals surface area contributed by atoms with Gasteiger partial charge in [0, 0.05) is 5.56 Å². The van der Waals surface area contributed by atoms with Crippen molar-refractivity contribution >= 4 is 28.5 Å². The third kappa shape index (κ3) is 2.83. The Hall–Kier alpha value is -1.71. The Morgan fingerprint density at radius 3 is 2.58 bits per heavy atom. The Balaban J connectivity index is 1.80. The van der Waals surface area contributed by atoms with Crippen molar-refractivity contribution in [2.75, 3.05) is 0 Å². The third-order valence-corrected chi connectivity index (χ3v) is 4.61. The molecule has 0 bridgehead atoms. The summed E-state index contributed by atoms with van der Waals surface area (Å²) in [6, 6.07) is 13.6. The van der Waals surface area contributed by atoms with E-state index >= 15 is 0 Å². The second-order valence-electron chi connectivity index (χ2n) is 4.32. The second-order valence-corrected chi connectivity index (χ2v) is 6.01. The molecular weight excluding hydrogens is 272 g/mol. The molecule has 3 heteroatoms. The minimum atomic E-state index is 0.113. The SMILES string of the molecule is O=C(c1ccccc1)c1cc(Cc2ccsc2)cs1. The van der Waals surface area contributed by atoms with Gasteiger partial charge in [0.25, 0.3) is 0 Å². The number of hydrogen-bond donors (Lipinski definition) is 0. The van der Waals surface area contributed by atoms with Gasteiger partial charge in [-0.2, -0.15) is 11.3 Å². The lowest BCUT2D eigenvalue weighted by atomic mass is 10.1. The number of rotatable bonds is 4. The predicted octanol–water partition coefficient (Wildman–Crippen LogP) is 4.63. The van der Waals surface area contributed by atoms with E-state index in [9.17, 15) is 4.79 Å². The van der Waals surface area contributed by atoms with Gasteiger partial charge in [0.15, 0.2) is 0 Å². The molecule has 0 radical (unpaired) electrons. The summed E-state index contributed by atoms with van der Waals surface area (Å²) < 4.78 is 0. The lowest BCUT2D eigenvalue weighted by Gasteiger charge is -1.96. The summed E-state index contributed by atoms with van der Waals surface area (Å²) in [5.74, 6) is 0.113. The van der Waals surface area contributed by atoms with Crippen molar-refractivity contribution in [3.8, 4) is 0 Å². The Morgan fingerprint density at radius 1 is 1.00 bits per heavy atom. The van der Waals surface area contributed by atoms with E-state index in [2.05, 4.69) is 22.2 Å². The Labute approximate surface area is 120 Å². The molecule has 2 aromatic heterocycles. The number of hydrogen-bond acceptors (Lipinski definition) is 3. The van der Waals surface area contributed by atoms with Crippen LogP contribution in [0.2, 0.25) is 0 Å². The van der Waals surface area contributed by atoms with Gasteiger partial charge in [0.05, 0.1) is 4.88 Å². The van der Waals surface area contributed by atoms with Gasteiger partial charge in [-0.15, -0.1) is 11.3 Å². The van der Waals surface area contributed by atoms with Crippen molar-refractivity contribution in [3.63, 3.8) is 0 Å². The topological polar surface area (TPSA) is 17.1 Å². The average Bonchev–Trinajstić information content (AvgIpc) is 3.11. The molecule has 0 fully saturated rings. The molecular formula is C16H12OS2. The van der Waals surface area contributed by atoms with Crippen molar-refractivity contribution < 1.29 is 4.79 Å². The summed E-state index contributed by atoms with van der Waals surface area (Å²) in [7, 11) is 0. The summed E-state index contributed by atoms with van der Waals surface area (Å²) in [6.07, 6.45) is 0.905. The summed E-state index contributed by atoms with van der Waals surface area (Å²) in [6.45, 7) is 0.